The Morgan fingerprint density at radius 3 is 2.82 bits per heavy atom. The predicted molar refractivity (Wildman–Crippen MR) is 133 cm³/mol. The molecule has 1 N–H and O–H groups in total. The number of nitrogens with one attached hydrogen (secondary N) is 1. The summed E-state index contributed by atoms with van der Waals surface area (Å²) in [7, 11) is 0. The van der Waals surface area contributed by atoms with Crippen molar-refractivity contribution in [2.45, 2.75) is 45.4 Å². The Labute approximate surface area is 202 Å². The minimum Gasteiger partial charge on any atom is -0.342 e. The van der Waals surface area contributed by atoms with Crippen LogP contribution in [0.4, 0.5) is 11.6 Å². The maximum atomic E-state index is 11.6. The van der Waals surface area contributed by atoms with Crippen molar-refractivity contribution in [2.75, 3.05) is 18.4 Å². The molecule has 1 aliphatic rings. The largest absolute Gasteiger partial charge is 0.342 e. The van der Waals surface area contributed by atoms with Crippen molar-refractivity contribution < 1.29 is 4.79 Å². The number of nitrogens with zero attached hydrogens (tertiary/aromatic N) is 8. The number of carbonyl (C=O) groups excluding carboxylic acids is 1. The molecule has 1 amide bonds. The maximum absolute atomic E-state index is 11.6. The highest BCUT2D eigenvalue weighted by molar-refractivity contribution is 7.98. The van der Waals surface area contributed by atoms with Gasteiger partial charge in [0.25, 0.3) is 0 Å². The number of aromatic nitrogens is 7. The van der Waals surface area contributed by atoms with Crippen LogP contribution in [-0.4, -0.2) is 62.8 Å². The summed E-state index contributed by atoms with van der Waals surface area (Å²) in [6, 6.07) is 4.11. The summed E-state index contributed by atoms with van der Waals surface area (Å²) in [5.74, 6) is 3.02. The quantitative estimate of drug-likeness (QED) is 0.446. The van der Waals surface area contributed by atoms with E-state index in [1.165, 1.54) is 0 Å². The Morgan fingerprint density at radius 2 is 2.06 bits per heavy atom. The second-order valence-corrected chi connectivity index (χ2v) is 9.94. The van der Waals surface area contributed by atoms with Crippen molar-refractivity contribution in [3.8, 4) is 11.4 Å². The molecular weight excluding hydrogens is 450 g/mol. The van der Waals surface area contributed by atoms with Crippen LogP contribution in [0.2, 0.25) is 0 Å². The molecule has 4 aromatic heterocycles. The molecule has 5 heterocycles. The summed E-state index contributed by atoms with van der Waals surface area (Å²) >= 11 is 1.62. The lowest BCUT2D eigenvalue weighted by atomic mass is 10.3. The first kappa shape index (κ1) is 22.3. The molecule has 0 bridgehead atoms. The van der Waals surface area contributed by atoms with Crippen LogP contribution < -0.4 is 5.32 Å². The van der Waals surface area contributed by atoms with Gasteiger partial charge >= 0.3 is 0 Å². The van der Waals surface area contributed by atoms with Crippen LogP contribution in [0.5, 0.6) is 0 Å². The van der Waals surface area contributed by atoms with Gasteiger partial charge in [0.1, 0.15) is 23.0 Å². The fraction of sp³-hybridized carbons (Fsp3) is 0.391. The Morgan fingerprint density at radius 1 is 1.21 bits per heavy atom. The predicted octanol–water partition coefficient (Wildman–Crippen LogP) is 3.83. The number of fused-ring (bicyclic) bond motifs is 1. The lowest BCUT2D eigenvalue weighted by Crippen LogP contribution is -2.26. The number of likely N-dealkylation sites (tertiary alicyclic amines) is 1. The van der Waals surface area contributed by atoms with Crippen LogP contribution in [0.1, 0.15) is 39.1 Å². The molecule has 1 aliphatic heterocycles. The van der Waals surface area contributed by atoms with Gasteiger partial charge in [0, 0.05) is 49.8 Å². The summed E-state index contributed by atoms with van der Waals surface area (Å²) in [6.07, 6.45) is 8.15. The Hall–Kier alpha value is -3.47. The van der Waals surface area contributed by atoms with Crippen molar-refractivity contribution in [1.82, 2.24) is 38.6 Å². The number of carbonyl (C=O) groups is 1. The van der Waals surface area contributed by atoms with Crippen LogP contribution in [-0.2, 0) is 4.79 Å². The van der Waals surface area contributed by atoms with E-state index in [0.29, 0.717) is 28.8 Å². The summed E-state index contributed by atoms with van der Waals surface area (Å²) in [4.78, 5) is 31.6. The number of rotatable bonds is 6. The number of amides is 1. The van der Waals surface area contributed by atoms with E-state index in [-0.39, 0.29) is 5.91 Å². The topological polar surface area (TPSA) is 107 Å². The SMILES string of the molecule is CC(=O)N1CCC(Sn2cc(-c3nccc(Nc4cc5c(cn4)nc(C)n5C(C)C)n3)cn2)C1. The molecule has 0 saturated carbocycles. The highest BCUT2D eigenvalue weighted by Gasteiger charge is 2.25. The van der Waals surface area contributed by atoms with Crippen LogP contribution in [0.25, 0.3) is 22.4 Å². The highest BCUT2D eigenvalue weighted by Crippen LogP contribution is 2.27. The van der Waals surface area contributed by atoms with Gasteiger partial charge in [0.05, 0.1) is 23.5 Å². The number of aryl methyl sites for hydroxylation is 1. The highest BCUT2D eigenvalue weighted by atomic mass is 32.2. The zero-order valence-electron chi connectivity index (χ0n) is 19.6. The minimum atomic E-state index is 0.124. The summed E-state index contributed by atoms with van der Waals surface area (Å²) in [6.45, 7) is 9.46. The van der Waals surface area contributed by atoms with E-state index in [1.54, 1.807) is 37.5 Å². The van der Waals surface area contributed by atoms with Crippen molar-refractivity contribution in [2.24, 2.45) is 0 Å². The van der Waals surface area contributed by atoms with Gasteiger partial charge in [-0.25, -0.2) is 24.0 Å². The fourth-order valence-corrected chi connectivity index (χ4v) is 5.31. The van der Waals surface area contributed by atoms with Crippen LogP contribution in [0.15, 0.2) is 36.9 Å². The van der Waals surface area contributed by atoms with E-state index < -0.39 is 0 Å². The minimum absolute atomic E-state index is 0.124. The van der Waals surface area contributed by atoms with Gasteiger partial charge in [-0.15, -0.1) is 0 Å². The summed E-state index contributed by atoms with van der Waals surface area (Å²) < 4.78 is 4.03. The maximum Gasteiger partial charge on any atom is 0.219 e. The van der Waals surface area contributed by atoms with E-state index in [9.17, 15) is 4.79 Å². The second kappa shape index (κ2) is 9.05. The molecule has 1 atom stereocenters. The molecule has 10 nitrogen and oxygen atoms in total. The molecule has 0 radical (unpaired) electrons. The Bertz CT molecular complexity index is 1350. The van der Waals surface area contributed by atoms with Gasteiger partial charge in [-0.1, -0.05) is 0 Å². The van der Waals surface area contributed by atoms with E-state index in [2.05, 4.69) is 48.8 Å². The van der Waals surface area contributed by atoms with Crippen molar-refractivity contribution in [3.05, 3.63) is 42.7 Å². The van der Waals surface area contributed by atoms with Crippen LogP contribution in [0, 0.1) is 6.92 Å². The second-order valence-electron chi connectivity index (χ2n) is 8.68. The number of pyridine rings is 1. The van der Waals surface area contributed by atoms with Crippen LogP contribution >= 0.6 is 11.9 Å². The smallest absolute Gasteiger partial charge is 0.219 e. The molecular formula is C23H27N9OS. The molecule has 176 valence electrons. The third-order valence-corrected chi connectivity index (χ3v) is 6.94. The average molecular weight is 478 g/mol. The first-order chi connectivity index (χ1) is 16.4. The molecule has 0 aliphatic carbocycles. The zero-order valence-corrected chi connectivity index (χ0v) is 20.5. The van der Waals surface area contributed by atoms with E-state index in [1.807, 2.05) is 34.2 Å². The first-order valence-corrected chi connectivity index (χ1v) is 12.1. The number of hydrogen-bond donors (Lipinski definition) is 1. The van der Waals surface area contributed by atoms with Gasteiger partial charge in [0.15, 0.2) is 5.82 Å². The Balaban J connectivity index is 1.32. The van der Waals surface area contributed by atoms with Gasteiger partial charge < -0.3 is 14.8 Å². The monoisotopic (exact) mass is 477 g/mol. The van der Waals surface area contributed by atoms with Gasteiger partial charge in [-0.2, -0.15) is 5.10 Å². The Kier molecular flexibility index (Phi) is 5.94. The number of anilines is 2. The number of imidazole rings is 1. The molecule has 4 aromatic rings. The van der Waals surface area contributed by atoms with Crippen molar-refractivity contribution >= 4 is 40.5 Å². The molecule has 0 spiro atoms. The van der Waals surface area contributed by atoms with E-state index in [0.717, 1.165) is 41.9 Å². The lowest BCUT2D eigenvalue weighted by Gasteiger charge is -2.13. The first-order valence-electron chi connectivity index (χ1n) is 11.3. The van der Waals surface area contributed by atoms with Gasteiger partial charge in [-0.3, -0.25) is 4.79 Å². The van der Waals surface area contributed by atoms with Crippen LogP contribution in [0.3, 0.4) is 0 Å². The van der Waals surface area contributed by atoms with E-state index in [4.69, 9.17) is 0 Å². The summed E-state index contributed by atoms with van der Waals surface area (Å²) in [5, 5.41) is 8.07. The molecule has 1 saturated heterocycles. The van der Waals surface area contributed by atoms with Gasteiger partial charge in [0.2, 0.25) is 5.91 Å². The average Bonchev–Trinajstić information content (AvgIpc) is 3.52. The van der Waals surface area contributed by atoms with Crippen molar-refractivity contribution in [3.63, 3.8) is 0 Å². The normalized spacial score (nSPS) is 16.0. The molecule has 5 rings (SSSR count). The molecule has 0 aromatic carbocycles. The number of hydrogen-bond acceptors (Lipinski definition) is 8. The molecule has 34 heavy (non-hydrogen) atoms. The fourth-order valence-electron chi connectivity index (χ4n) is 4.27. The van der Waals surface area contributed by atoms with E-state index >= 15 is 0 Å². The standard InChI is InChI=1S/C23H27N9OS/c1-14(2)32-15(3)27-19-11-25-22(9-20(19)32)28-21-5-7-24-23(29-21)17-10-26-31(12-17)34-18-6-8-30(13-18)16(4)33/h5,7,9-12,14,18H,6,8,13H2,1-4H3,(H,24,25,28,29). The third-order valence-electron chi connectivity index (χ3n) is 5.85. The van der Waals surface area contributed by atoms with Gasteiger partial charge in [-0.05, 0) is 45.2 Å². The molecule has 1 fully saturated rings. The van der Waals surface area contributed by atoms with Crippen molar-refractivity contribution in [1.29, 1.82) is 0 Å². The lowest BCUT2D eigenvalue weighted by molar-refractivity contribution is -0.127. The molecule has 1 unspecified atom stereocenters. The zero-order chi connectivity index (χ0) is 23.8. The third kappa shape index (κ3) is 4.47. The summed E-state index contributed by atoms with van der Waals surface area (Å²) in [5.41, 5.74) is 2.74. The molecule has 11 heteroatoms.